The summed E-state index contributed by atoms with van der Waals surface area (Å²) in [6.45, 7) is 2.57. The van der Waals surface area contributed by atoms with Crippen molar-refractivity contribution in [2.45, 2.75) is 13.1 Å². The van der Waals surface area contributed by atoms with E-state index in [-0.39, 0.29) is 12.1 Å². The number of para-hydroxylation sites is 1. The summed E-state index contributed by atoms with van der Waals surface area (Å²) in [6.07, 6.45) is -0.267. The SMILES string of the molecule is CCOc1ccc(N2C(=O)c3ccccc3NC2c2ccccc2)cc1. The Bertz CT molecular complexity index is 907. The van der Waals surface area contributed by atoms with Crippen molar-refractivity contribution in [2.75, 3.05) is 16.8 Å². The lowest BCUT2D eigenvalue weighted by molar-refractivity contribution is 0.0975. The second kappa shape index (κ2) is 6.92. The van der Waals surface area contributed by atoms with E-state index in [9.17, 15) is 4.79 Å². The Morgan fingerprint density at radius 3 is 2.35 bits per heavy atom. The van der Waals surface area contributed by atoms with Crippen molar-refractivity contribution in [3.05, 3.63) is 90.0 Å². The number of carbonyl (C=O) groups is 1. The highest BCUT2D eigenvalue weighted by atomic mass is 16.5. The monoisotopic (exact) mass is 344 g/mol. The smallest absolute Gasteiger partial charge is 0.262 e. The van der Waals surface area contributed by atoms with Crippen LogP contribution in [-0.4, -0.2) is 12.5 Å². The summed E-state index contributed by atoms with van der Waals surface area (Å²) in [5, 5.41) is 3.51. The Kier molecular flexibility index (Phi) is 4.32. The van der Waals surface area contributed by atoms with E-state index in [4.69, 9.17) is 4.74 Å². The highest BCUT2D eigenvalue weighted by molar-refractivity contribution is 6.12. The Morgan fingerprint density at radius 1 is 0.923 bits per heavy atom. The van der Waals surface area contributed by atoms with Crippen molar-refractivity contribution in [3.8, 4) is 5.75 Å². The molecule has 3 aromatic rings. The first kappa shape index (κ1) is 16.2. The summed E-state index contributed by atoms with van der Waals surface area (Å²) < 4.78 is 5.52. The van der Waals surface area contributed by atoms with Crippen LogP contribution in [0.15, 0.2) is 78.9 Å². The minimum atomic E-state index is -0.267. The Balaban J connectivity index is 1.79. The molecule has 4 heteroatoms. The predicted octanol–water partition coefficient (Wildman–Crippen LogP) is 4.86. The molecule has 0 saturated heterocycles. The number of rotatable bonds is 4. The molecule has 0 spiro atoms. The predicted molar refractivity (Wildman–Crippen MR) is 104 cm³/mol. The zero-order valence-corrected chi connectivity index (χ0v) is 14.6. The van der Waals surface area contributed by atoms with E-state index >= 15 is 0 Å². The maximum atomic E-state index is 13.3. The topological polar surface area (TPSA) is 41.6 Å². The van der Waals surface area contributed by atoms with Crippen LogP contribution < -0.4 is 15.0 Å². The molecule has 130 valence electrons. The molecule has 1 N–H and O–H groups in total. The Hall–Kier alpha value is -3.27. The third-order valence-electron chi connectivity index (χ3n) is 4.47. The number of amides is 1. The fraction of sp³-hybridized carbons (Fsp3) is 0.136. The molecule has 4 rings (SSSR count). The van der Waals surface area contributed by atoms with Gasteiger partial charge in [0.1, 0.15) is 11.9 Å². The van der Waals surface area contributed by atoms with Crippen molar-refractivity contribution >= 4 is 17.3 Å². The van der Waals surface area contributed by atoms with E-state index < -0.39 is 0 Å². The minimum Gasteiger partial charge on any atom is -0.494 e. The molecule has 1 aliphatic heterocycles. The number of benzene rings is 3. The number of ether oxygens (including phenoxy) is 1. The summed E-state index contributed by atoms with van der Waals surface area (Å²) in [4.78, 5) is 15.1. The highest BCUT2D eigenvalue weighted by Gasteiger charge is 2.33. The first-order valence-corrected chi connectivity index (χ1v) is 8.75. The summed E-state index contributed by atoms with van der Waals surface area (Å²) >= 11 is 0. The van der Waals surface area contributed by atoms with Gasteiger partial charge in [-0.3, -0.25) is 9.69 Å². The van der Waals surface area contributed by atoms with Gasteiger partial charge >= 0.3 is 0 Å². The summed E-state index contributed by atoms with van der Waals surface area (Å²) in [7, 11) is 0. The highest BCUT2D eigenvalue weighted by Crippen LogP contribution is 2.36. The maximum Gasteiger partial charge on any atom is 0.262 e. The normalized spacial score (nSPS) is 16.0. The van der Waals surface area contributed by atoms with Crippen molar-refractivity contribution in [1.29, 1.82) is 0 Å². The van der Waals surface area contributed by atoms with Crippen LogP contribution in [0.2, 0.25) is 0 Å². The molecule has 1 aliphatic rings. The quantitative estimate of drug-likeness (QED) is 0.735. The number of carbonyl (C=O) groups excluding carboxylic acids is 1. The van der Waals surface area contributed by atoms with Crippen molar-refractivity contribution < 1.29 is 9.53 Å². The van der Waals surface area contributed by atoms with Crippen LogP contribution in [0.3, 0.4) is 0 Å². The molecular weight excluding hydrogens is 324 g/mol. The number of nitrogens with one attached hydrogen (secondary N) is 1. The first-order chi connectivity index (χ1) is 12.8. The average molecular weight is 344 g/mol. The van der Waals surface area contributed by atoms with Gasteiger partial charge in [-0.15, -0.1) is 0 Å². The molecule has 1 amide bonds. The molecule has 1 unspecified atom stereocenters. The van der Waals surface area contributed by atoms with E-state index in [1.807, 2.05) is 85.8 Å². The van der Waals surface area contributed by atoms with E-state index in [0.29, 0.717) is 12.2 Å². The van der Waals surface area contributed by atoms with E-state index in [0.717, 1.165) is 22.7 Å². The van der Waals surface area contributed by atoms with Crippen LogP contribution in [-0.2, 0) is 0 Å². The molecule has 0 saturated carbocycles. The Morgan fingerprint density at radius 2 is 1.62 bits per heavy atom. The number of anilines is 2. The lowest BCUT2D eigenvalue weighted by atomic mass is 10.0. The van der Waals surface area contributed by atoms with Gasteiger partial charge in [0, 0.05) is 11.4 Å². The zero-order valence-electron chi connectivity index (χ0n) is 14.6. The van der Waals surface area contributed by atoms with Crippen LogP contribution in [0, 0.1) is 0 Å². The summed E-state index contributed by atoms with van der Waals surface area (Å²) in [6, 6.07) is 25.3. The maximum absolute atomic E-state index is 13.3. The zero-order chi connectivity index (χ0) is 17.9. The summed E-state index contributed by atoms with van der Waals surface area (Å²) in [5.41, 5.74) is 3.39. The van der Waals surface area contributed by atoms with Gasteiger partial charge in [-0.1, -0.05) is 42.5 Å². The summed E-state index contributed by atoms with van der Waals surface area (Å²) in [5.74, 6) is 0.780. The van der Waals surface area contributed by atoms with Gasteiger partial charge in [-0.2, -0.15) is 0 Å². The largest absolute Gasteiger partial charge is 0.494 e. The Labute approximate surface area is 153 Å². The minimum absolute atomic E-state index is 0.0163. The molecule has 3 aromatic carbocycles. The molecule has 0 aliphatic carbocycles. The molecular formula is C22H20N2O2. The van der Waals surface area contributed by atoms with E-state index in [2.05, 4.69) is 5.32 Å². The number of nitrogens with zero attached hydrogens (tertiary/aromatic N) is 1. The standard InChI is InChI=1S/C22H20N2O2/c1-2-26-18-14-12-17(13-15-18)24-21(16-8-4-3-5-9-16)23-20-11-7-6-10-19(20)22(24)25/h3-15,21,23H,2H2,1H3. The van der Waals surface area contributed by atoms with Gasteiger partial charge in [-0.05, 0) is 48.9 Å². The number of hydrogen-bond acceptors (Lipinski definition) is 3. The third-order valence-corrected chi connectivity index (χ3v) is 4.47. The third kappa shape index (κ3) is 2.90. The lowest BCUT2D eigenvalue weighted by Gasteiger charge is -2.38. The fourth-order valence-corrected chi connectivity index (χ4v) is 3.26. The van der Waals surface area contributed by atoms with Crippen LogP contribution in [0.1, 0.15) is 29.0 Å². The van der Waals surface area contributed by atoms with Gasteiger partial charge < -0.3 is 10.1 Å². The van der Waals surface area contributed by atoms with Gasteiger partial charge in [0.2, 0.25) is 0 Å². The van der Waals surface area contributed by atoms with Gasteiger partial charge in [0.05, 0.1) is 12.2 Å². The van der Waals surface area contributed by atoms with Crippen molar-refractivity contribution in [3.63, 3.8) is 0 Å². The van der Waals surface area contributed by atoms with Crippen LogP contribution in [0.5, 0.6) is 5.75 Å². The van der Waals surface area contributed by atoms with Gasteiger partial charge in [-0.25, -0.2) is 0 Å². The number of fused-ring (bicyclic) bond motifs is 1. The molecule has 0 radical (unpaired) electrons. The van der Waals surface area contributed by atoms with E-state index in [1.54, 1.807) is 4.90 Å². The molecule has 4 nitrogen and oxygen atoms in total. The van der Waals surface area contributed by atoms with Gasteiger partial charge in [0.15, 0.2) is 0 Å². The van der Waals surface area contributed by atoms with Crippen molar-refractivity contribution in [2.24, 2.45) is 0 Å². The van der Waals surface area contributed by atoms with E-state index in [1.165, 1.54) is 0 Å². The van der Waals surface area contributed by atoms with Gasteiger partial charge in [0.25, 0.3) is 5.91 Å². The molecule has 0 aromatic heterocycles. The average Bonchev–Trinajstić information content (AvgIpc) is 2.70. The van der Waals surface area contributed by atoms with Crippen LogP contribution >= 0.6 is 0 Å². The fourth-order valence-electron chi connectivity index (χ4n) is 3.26. The second-order valence-electron chi connectivity index (χ2n) is 6.11. The first-order valence-electron chi connectivity index (χ1n) is 8.75. The lowest BCUT2D eigenvalue weighted by Crippen LogP contribution is -2.43. The molecule has 26 heavy (non-hydrogen) atoms. The second-order valence-corrected chi connectivity index (χ2v) is 6.11. The molecule has 0 bridgehead atoms. The molecule has 1 heterocycles. The van der Waals surface area contributed by atoms with Crippen molar-refractivity contribution in [1.82, 2.24) is 0 Å². The van der Waals surface area contributed by atoms with Crippen LogP contribution in [0.4, 0.5) is 11.4 Å². The molecule has 0 fully saturated rings. The number of hydrogen-bond donors (Lipinski definition) is 1. The van der Waals surface area contributed by atoms with Crippen LogP contribution in [0.25, 0.3) is 0 Å². The molecule has 1 atom stereocenters.